The van der Waals surface area contributed by atoms with Gasteiger partial charge in [-0.15, -0.1) is 0 Å². The molecule has 0 spiro atoms. The van der Waals surface area contributed by atoms with Gasteiger partial charge in [-0.3, -0.25) is 9.59 Å². The Morgan fingerprint density at radius 2 is 2.04 bits per heavy atom. The highest BCUT2D eigenvalue weighted by Gasteiger charge is 2.30. The Morgan fingerprint density at radius 1 is 1.30 bits per heavy atom. The molecule has 2 amide bonds. The highest BCUT2D eigenvalue weighted by molar-refractivity contribution is 9.12. The molecule has 0 aromatic carbocycles. The van der Waals surface area contributed by atoms with Crippen molar-refractivity contribution >= 4 is 44.2 Å². The molecule has 0 aromatic heterocycles. The number of hydrogen-bond acceptors (Lipinski definition) is 2. The summed E-state index contributed by atoms with van der Waals surface area (Å²) in [6.45, 7) is 2.55. The largest absolute Gasteiger partial charge is 0.355 e. The second-order valence-electron chi connectivity index (χ2n) is 5.53. The van der Waals surface area contributed by atoms with E-state index in [2.05, 4.69) is 49.4 Å². The topological polar surface area (TPSA) is 58.2 Å². The summed E-state index contributed by atoms with van der Waals surface area (Å²) in [4.78, 5) is 24.3. The average molecular weight is 448 g/mol. The summed E-state index contributed by atoms with van der Waals surface area (Å²) < 4.78 is 0.836. The SMILES string of the molecule is CCCC/C(=C\Br)C/C=C(Br)\C(=C/CNC=O)NC(=O)C1CC1. The maximum Gasteiger partial charge on any atom is 0.227 e. The fraction of sp³-hybridized carbons (Fsp3) is 0.529. The van der Waals surface area contributed by atoms with E-state index in [-0.39, 0.29) is 11.8 Å². The van der Waals surface area contributed by atoms with E-state index in [1.165, 1.54) is 5.57 Å². The molecule has 4 nitrogen and oxygen atoms in total. The summed E-state index contributed by atoms with van der Waals surface area (Å²) in [5, 5.41) is 5.52. The summed E-state index contributed by atoms with van der Waals surface area (Å²) in [5.41, 5.74) is 2.02. The van der Waals surface area contributed by atoms with Crippen LogP contribution in [0.15, 0.2) is 32.9 Å². The van der Waals surface area contributed by atoms with Crippen molar-refractivity contribution < 1.29 is 9.59 Å². The van der Waals surface area contributed by atoms with Gasteiger partial charge in [0.15, 0.2) is 0 Å². The lowest BCUT2D eigenvalue weighted by Gasteiger charge is -2.10. The Labute approximate surface area is 155 Å². The van der Waals surface area contributed by atoms with Crippen LogP contribution >= 0.6 is 31.9 Å². The third-order valence-corrected chi connectivity index (χ3v) is 4.92. The van der Waals surface area contributed by atoms with Crippen LogP contribution in [-0.4, -0.2) is 18.9 Å². The lowest BCUT2D eigenvalue weighted by Crippen LogP contribution is -2.25. The van der Waals surface area contributed by atoms with Crippen molar-refractivity contribution in [3.63, 3.8) is 0 Å². The fourth-order valence-corrected chi connectivity index (χ4v) is 2.77. The van der Waals surface area contributed by atoms with Crippen molar-refractivity contribution in [2.24, 2.45) is 5.92 Å². The lowest BCUT2D eigenvalue weighted by molar-refractivity contribution is -0.121. The van der Waals surface area contributed by atoms with Crippen LogP contribution in [0.5, 0.6) is 0 Å². The van der Waals surface area contributed by atoms with Gasteiger partial charge < -0.3 is 10.6 Å². The number of nitrogens with one attached hydrogen (secondary N) is 2. The molecule has 1 aliphatic carbocycles. The Bertz CT molecular complexity index is 495. The number of carbonyl (C=O) groups excluding carboxylic acids is 2. The molecule has 1 aliphatic rings. The van der Waals surface area contributed by atoms with Crippen LogP contribution in [0.1, 0.15) is 45.4 Å². The second-order valence-corrected chi connectivity index (χ2v) is 6.85. The van der Waals surface area contributed by atoms with E-state index in [0.29, 0.717) is 18.7 Å². The first-order valence-electron chi connectivity index (χ1n) is 7.94. The third kappa shape index (κ3) is 8.51. The molecule has 0 bridgehead atoms. The first-order valence-corrected chi connectivity index (χ1v) is 9.65. The lowest BCUT2D eigenvalue weighted by atomic mass is 10.1. The summed E-state index contributed by atoms with van der Waals surface area (Å²) in [6.07, 6.45) is 10.6. The number of allylic oxidation sites excluding steroid dienone is 3. The molecule has 1 rings (SSSR count). The molecule has 0 aliphatic heterocycles. The van der Waals surface area contributed by atoms with Crippen LogP contribution in [0.2, 0.25) is 0 Å². The molecular formula is C17H24Br2N2O2. The number of amides is 2. The maximum atomic E-state index is 12.0. The Hall–Kier alpha value is -0.880. The summed E-state index contributed by atoms with van der Waals surface area (Å²) in [6, 6.07) is 0. The van der Waals surface area contributed by atoms with Crippen LogP contribution in [0, 0.1) is 5.92 Å². The van der Waals surface area contributed by atoms with E-state index in [4.69, 9.17) is 0 Å². The number of hydrogen-bond donors (Lipinski definition) is 2. The van der Waals surface area contributed by atoms with Crippen molar-refractivity contribution in [3.8, 4) is 0 Å². The van der Waals surface area contributed by atoms with Gasteiger partial charge in [-0.25, -0.2) is 0 Å². The molecule has 0 unspecified atom stereocenters. The predicted octanol–water partition coefficient (Wildman–Crippen LogP) is 4.28. The van der Waals surface area contributed by atoms with Gasteiger partial charge in [0.1, 0.15) is 0 Å². The van der Waals surface area contributed by atoms with E-state index < -0.39 is 0 Å². The molecule has 2 N–H and O–H groups in total. The zero-order valence-electron chi connectivity index (χ0n) is 13.4. The molecule has 1 saturated carbocycles. The van der Waals surface area contributed by atoms with E-state index in [9.17, 15) is 9.59 Å². The van der Waals surface area contributed by atoms with Crippen molar-refractivity contribution in [3.05, 3.63) is 32.9 Å². The summed E-state index contributed by atoms with van der Waals surface area (Å²) in [5.74, 6) is 0.190. The first kappa shape index (κ1) is 20.2. The van der Waals surface area contributed by atoms with E-state index in [0.717, 1.165) is 43.0 Å². The zero-order chi connectivity index (χ0) is 17.1. The summed E-state index contributed by atoms with van der Waals surface area (Å²) in [7, 11) is 0. The Kier molecular flexibility index (Phi) is 10.2. The number of halogens is 2. The van der Waals surface area contributed by atoms with Crippen LogP contribution in [0.3, 0.4) is 0 Å². The molecule has 0 aromatic rings. The van der Waals surface area contributed by atoms with Gasteiger partial charge in [-0.2, -0.15) is 0 Å². The van der Waals surface area contributed by atoms with Gasteiger partial charge >= 0.3 is 0 Å². The zero-order valence-corrected chi connectivity index (χ0v) is 16.6. The van der Waals surface area contributed by atoms with Crippen LogP contribution in [-0.2, 0) is 9.59 Å². The van der Waals surface area contributed by atoms with E-state index in [1.54, 1.807) is 6.08 Å². The van der Waals surface area contributed by atoms with Crippen LogP contribution in [0.4, 0.5) is 0 Å². The van der Waals surface area contributed by atoms with Crippen molar-refractivity contribution in [2.75, 3.05) is 6.54 Å². The van der Waals surface area contributed by atoms with Crippen LogP contribution < -0.4 is 10.6 Å². The van der Waals surface area contributed by atoms with Crippen molar-refractivity contribution in [2.45, 2.75) is 45.4 Å². The quantitative estimate of drug-likeness (QED) is 0.282. The number of rotatable bonds is 11. The smallest absolute Gasteiger partial charge is 0.227 e. The minimum Gasteiger partial charge on any atom is -0.355 e. The molecular weight excluding hydrogens is 424 g/mol. The van der Waals surface area contributed by atoms with E-state index >= 15 is 0 Å². The number of unbranched alkanes of at least 4 members (excludes halogenated alkanes) is 1. The van der Waals surface area contributed by atoms with Gasteiger partial charge in [-0.05, 0) is 59.1 Å². The van der Waals surface area contributed by atoms with Crippen molar-refractivity contribution in [1.29, 1.82) is 0 Å². The number of carbonyl (C=O) groups is 2. The molecule has 23 heavy (non-hydrogen) atoms. The fourth-order valence-electron chi connectivity index (χ4n) is 1.93. The van der Waals surface area contributed by atoms with Gasteiger partial charge in [0.05, 0.1) is 5.70 Å². The highest BCUT2D eigenvalue weighted by atomic mass is 79.9. The standard InChI is InChI=1S/C17H24Br2N2O2/c1-2-3-4-13(11-18)5-8-15(19)16(9-10-20-12-22)21-17(23)14-6-7-14/h8-9,11-12,14H,2-7,10H2,1H3,(H,20,22)(H,21,23)/b13-11+,15-8+,16-9+. The third-order valence-electron chi connectivity index (χ3n) is 3.52. The van der Waals surface area contributed by atoms with Gasteiger partial charge in [-0.1, -0.05) is 40.9 Å². The van der Waals surface area contributed by atoms with Gasteiger partial charge in [0.2, 0.25) is 12.3 Å². The van der Waals surface area contributed by atoms with Crippen molar-refractivity contribution in [1.82, 2.24) is 10.6 Å². The Balaban J connectivity index is 2.69. The van der Waals surface area contributed by atoms with E-state index in [1.807, 2.05) is 11.1 Å². The molecule has 0 atom stereocenters. The molecule has 0 saturated heterocycles. The normalized spacial score (nSPS) is 16.2. The highest BCUT2D eigenvalue weighted by Crippen LogP contribution is 2.30. The Morgan fingerprint density at radius 3 is 2.61 bits per heavy atom. The molecule has 1 fully saturated rings. The minimum atomic E-state index is 0.0509. The minimum absolute atomic E-state index is 0.0509. The molecule has 128 valence electrons. The van der Waals surface area contributed by atoms with Gasteiger partial charge in [0, 0.05) is 16.9 Å². The predicted molar refractivity (Wildman–Crippen MR) is 101 cm³/mol. The molecule has 0 heterocycles. The molecule has 0 radical (unpaired) electrons. The molecule has 6 heteroatoms. The van der Waals surface area contributed by atoms with Gasteiger partial charge in [0.25, 0.3) is 0 Å². The summed E-state index contributed by atoms with van der Waals surface area (Å²) >= 11 is 6.95. The monoisotopic (exact) mass is 446 g/mol. The van der Waals surface area contributed by atoms with Crippen LogP contribution in [0.25, 0.3) is 0 Å². The second kappa shape index (κ2) is 11.6. The first-order chi connectivity index (χ1) is 11.1. The maximum absolute atomic E-state index is 12.0. The average Bonchev–Trinajstić information content (AvgIpc) is 3.39.